The third kappa shape index (κ3) is 3.82. The Kier molecular flexibility index (Phi) is 4.97. The maximum Gasteiger partial charge on any atom is 0.311 e. The highest BCUT2D eigenvalue weighted by Gasteiger charge is 2.23. The van der Waals surface area contributed by atoms with Crippen molar-refractivity contribution in [3.05, 3.63) is 41.7 Å². The fourth-order valence-electron chi connectivity index (χ4n) is 2.77. The number of aryl methyl sites for hydroxylation is 1. The van der Waals surface area contributed by atoms with Crippen LogP contribution in [-0.2, 0) is 23.6 Å². The van der Waals surface area contributed by atoms with Gasteiger partial charge in [-0.1, -0.05) is 6.92 Å². The number of benzene rings is 1. The van der Waals surface area contributed by atoms with Gasteiger partial charge in [0.2, 0.25) is 5.95 Å². The van der Waals surface area contributed by atoms with Crippen molar-refractivity contribution in [3.8, 4) is 5.75 Å². The highest BCUT2D eigenvalue weighted by Crippen LogP contribution is 2.31. The zero-order valence-corrected chi connectivity index (χ0v) is 16.3. The van der Waals surface area contributed by atoms with Crippen LogP contribution in [0.2, 0.25) is 0 Å². The maximum atomic E-state index is 12.5. The highest BCUT2D eigenvalue weighted by atomic mass is 32.2. The van der Waals surface area contributed by atoms with Crippen LogP contribution < -0.4 is 15.7 Å². The zero-order chi connectivity index (χ0) is 19.8. The van der Waals surface area contributed by atoms with Gasteiger partial charge in [0.1, 0.15) is 5.82 Å². The lowest BCUT2D eigenvalue weighted by atomic mass is 10.0. The van der Waals surface area contributed by atoms with E-state index in [0.29, 0.717) is 30.0 Å². The second-order valence-electron chi connectivity index (χ2n) is 6.56. The summed E-state index contributed by atoms with van der Waals surface area (Å²) in [6.07, 6.45) is 4.33. The van der Waals surface area contributed by atoms with Crippen LogP contribution in [0.3, 0.4) is 0 Å². The molecule has 9 heteroatoms. The van der Waals surface area contributed by atoms with E-state index in [9.17, 15) is 8.42 Å². The van der Waals surface area contributed by atoms with Gasteiger partial charge in [-0.15, -0.1) is 0 Å². The lowest BCUT2D eigenvalue weighted by Crippen LogP contribution is -2.22. The molecule has 0 aliphatic rings. The Labute approximate surface area is 158 Å². The third-order valence-corrected chi connectivity index (χ3v) is 6.34. The van der Waals surface area contributed by atoms with Gasteiger partial charge in [0.25, 0.3) is 0 Å². The van der Waals surface area contributed by atoms with Crippen LogP contribution in [0.25, 0.3) is 10.9 Å². The molecule has 1 atom stereocenters. The summed E-state index contributed by atoms with van der Waals surface area (Å²) in [6.45, 7) is 3.44. The Morgan fingerprint density at radius 3 is 2.70 bits per heavy atom. The molecule has 3 rings (SSSR count). The Bertz CT molecular complexity index is 1090. The minimum atomic E-state index is -3.72. The molecule has 1 aromatic carbocycles. The second-order valence-corrected chi connectivity index (χ2v) is 8.52. The Morgan fingerprint density at radius 2 is 2.04 bits per heavy atom. The Hall–Kier alpha value is -2.81. The van der Waals surface area contributed by atoms with Gasteiger partial charge in [0.15, 0.2) is 5.75 Å². The number of hydrogen-bond donors (Lipinski definition) is 2. The molecule has 3 aromatic rings. The minimum Gasteiger partial charge on any atom is -0.383 e. The van der Waals surface area contributed by atoms with Gasteiger partial charge < -0.3 is 20.2 Å². The Morgan fingerprint density at radius 1 is 1.30 bits per heavy atom. The smallest absolute Gasteiger partial charge is 0.311 e. The van der Waals surface area contributed by atoms with E-state index >= 15 is 0 Å². The van der Waals surface area contributed by atoms with Crippen molar-refractivity contribution >= 4 is 32.8 Å². The van der Waals surface area contributed by atoms with E-state index in [4.69, 9.17) is 15.7 Å². The average Bonchev–Trinajstić information content (AvgIpc) is 2.98. The quantitative estimate of drug-likeness (QED) is 0.619. The van der Waals surface area contributed by atoms with Crippen LogP contribution in [0.1, 0.15) is 31.4 Å². The molecule has 1 unspecified atom stereocenters. The summed E-state index contributed by atoms with van der Waals surface area (Å²) in [5.74, 6) is 0.709. The molecule has 2 heterocycles. The average molecular weight is 389 g/mol. The topological polar surface area (TPSA) is 126 Å². The summed E-state index contributed by atoms with van der Waals surface area (Å²) in [4.78, 5) is 7.94. The summed E-state index contributed by atoms with van der Waals surface area (Å²) in [6, 6.07) is 5.52. The number of rotatable bonds is 6. The maximum absolute atomic E-state index is 12.5. The standard InChI is InChI=1S/C18H23N5O3S/c1-4-11(2)27(24,25)26-16-9-12(8-15-14(16)5-6-23(15)3)7-13-10-21-18(20)22-17(13)19/h5-6,8-11H,4,7H2,1-3H3,(H4,19,20,21,22). The van der Waals surface area contributed by atoms with Gasteiger partial charge in [0, 0.05) is 36.8 Å². The first-order valence-corrected chi connectivity index (χ1v) is 10.1. The van der Waals surface area contributed by atoms with Crippen molar-refractivity contribution in [3.63, 3.8) is 0 Å². The lowest BCUT2D eigenvalue weighted by Gasteiger charge is -2.14. The molecule has 0 saturated carbocycles. The molecule has 0 saturated heterocycles. The molecule has 0 bridgehead atoms. The third-order valence-electron chi connectivity index (χ3n) is 4.61. The van der Waals surface area contributed by atoms with Crippen molar-refractivity contribution in [2.75, 3.05) is 11.5 Å². The van der Waals surface area contributed by atoms with Gasteiger partial charge in [-0.25, -0.2) is 4.98 Å². The zero-order valence-electron chi connectivity index (χ0n) is 15.5. The molecule has 0 fully saturated rings. The molecule has 0 amide bonds. The normalized spacial score (nSPS) is 13.0. The molecule has 2 aromatic heterocycles. The molecule has 0 radical (unpaired) electrons. The molecule has 0 spiro atoms. The Balaban J connectivity index is 2.06. The first-order valence-electron chi connectivity index (χ1n) is 8.59. The van der Waals surface area contributed by atoms with Crippen LogP contribution in [-0.4, -0.2) is 28.2 Å². The van der Waals surface area contributed by atoms with Crippen molar-refractivity contribution in [1.29, 1.82) is 0 Å². The second kappa shape index (κ2) is 7.07. The summed E-state index contributed by atoms with van der Waals surface area (Å²) in [5, 5.41) is 0.135. The monoisotopic (exact) mass is 389 g/mol. The van der Waals surface area contributed by atoms with Gasteiger partial charge >= 0.3 is 10.1 Å². The van der Waals surface area contributed by atoms with Crippen molar-refractivity contribution in [1.82, 2.24) is 14.5 Å². The van der Waals surface area contributed by atoms with Crippen molar-refractivity contribution < 1.29 is 12.6 Å². The number of aromatic nitrogens is 3. The molecule has 144 valence electrons. The molecular weight excluding hydrogens is 366 g/mol. The molecule has 27 heavy (non-hydrogen) atoms. The van der Waals surface area contributed by atoms with Gasteiger partial charge in [-0.05, 0) is 37.1 Å². The summed E-state index contributed by atoms with van der Waals surface area (Å²) < 4.78 is 32.3. The van der Waals surface area contributed by atoms with Crippen LogP contribution >= 0.6 is 0 Å². The molecule has 8 nitrogen and oxygen atoms in total. The fraction of sp³-hybridized carbons (Fsp3) is 0.333. The highest BCUT2D eigenvalue weighted by molar-refractivity contribution is 7.87. The van der Waals surface area contributed by atoms with E-state index in [-0.39, 0.29) is 5.95 Å². The first kappa shape index (κ1) is 19.0. The van der Waals surface area contributed by atoms with Gasteiger partial charge in [-0.3, -0.25) is 0 Å². The van der Waals surface area contributed by atoms with Crippen molar-refractivity contribution in [2.24, 2.45) is 7.05 Å². The van der Waals surface area contributed by atoms with E-state index < -0.39 is 15.4 Å². The number of hydrogen-bond acceptors (Lipinski definition) is 7. The lowest BCUT2D eigenvalue weighted by molar-refractivity contribution is 0.474. The minimum absolute atomic E-state index is 0.109. The fourth-order valence-corrected chi connectivity index (χ4v) is 3.73. The summed E-state index contributed by atoms with van der Waals surface area (Å²) in [7, 11) is -1.84. The number of anilines is 2. The number of fused-ring (bicyclic) bond motifs is 1. The molecule has 4 N–H and O–H groups in total. The van der Waals surface area contributed by atoms with Crippen molar-refractivity contribution in [2.45, 2.75) is 31.9 Å². The molecule has 0 aliphatic heterocycles. The van der Waals surface area contributed by atoms with Crippen LogP contribution in [0.15, 0.2) is 30.6 Å². The van der Waals surface area contributed by atoms with Gasteiger partial charge in [0.05, 0.1) is 10.8 Å². The van der Waals surface area contributed by atoms with Crippen LogP contribution in [0.5, 0.6) is 5.75 Å². The largest absolute Gasteiger partial charge is 0.383 e. The van der Waals surface area contributed by atoms with Gasteiger partial charge in [-0.2, -0.15) is 13.4 Å². The van der Waals surface area contributed by atoms with Crippen LogP contribution in [0.4, 0.5) is 11.8 Å². The number of nitrogens with two attached hydrogens (primary N) is 2. The van der Waals surface area contributed by atoms with Crippen LogP contribution in [0, 0.1) is 0 Å². The molecule has 0 aliphatic carbocycles. The van der Waals surface area contributed by atoms with E-state index in [0.717, 1.165) is 16.5 Å². The number of nitrogens with zero attached hydrogens (tertiary/aromatic N) is 3. The SMILES string of the molecule is CCC(C)S(=O)(=O)Oc1cc(Cc2cnc(N)nc2N)cc2c1ccn2C. The molecular formula is C18H23N5O3S. The predicted molar refractivity (Wildman–Crippen MR) is 106 cm³/mol. The first-order chi connectivity index (χ1) is 12.7. The summed E-state index contributed by atoms with van der Waals surface area (Å²) >= 11 is 0. The van der Waals surface area contributed by atoms with E-state index in [1.54, 1.807) is 19.2 Å². The van der Waals surface area contributed by atoms with E-state index in [1.165, 1.54) is 0 Å². The van der Waals surface area contributed by atoms with E-state index in [1.807, 2.05) is 36.9 Å². The summed E-state index contributed by atoms with van der Waals surface area (Å²) in [5.41, 5.74) is 13.9. The number of nitrogen functional groups attached to an aromatic ring is 2. The van der Waals surface area contributed by atoms with E-state index in [2.05, 4.69) is 9.97 Å². The predicted octanol–water partition coefficient (Wildman–Crippen LogP) is 2.23.